The summed E-state index contributed by atoms with van der Waals surface area (Å²) in [5, 5.41) is 0. The monoisotopic (exact) mass is 239 g/mol. The molecule has 2 aromatic carbocycles. The maximum absolute atomic E-state index is 2.13. The van der Waals surface area contributed by atoms with Gasteiger partial charge in [0, 0.05) is 37.5 Å². The lowest BCUT2D eigenvalue weighted by Crippen LogP contribution is -2.08. The summed E-state index contributed by atoms with van der Waals surface area (Å²) in [7, 11) is 6.17. The molecule has 2 rings (SSSR count). The van der Waals surface area contributed by atoms with E-state index in [9.17, 15) is 0 Å². The molecule has 0 aromatic heterocycles. The molecule has 2 heteroatoms. The second-order valence-electron chi connectivity index (χ2n) is 4.56. The molecule has 0 N–H and O–H groups in total. The van der Waals surface area contributed by atoms with Crippen molar-refractivity contribution in [3.05, 3.63) is 60.2 Å². The van der Waals surface area contributed by atoms with Gasteiger partial charge in [0.2, 0.25) is 5.69 Å². The molecule has 0 radical (unpaired) electrons. The van der Waals surface area contributed by atoms with Crippen LogP contribution in [0.4, 0.5) is 11.4 Å². The Morgan fingerprint density at radius 1 is 0.889 bits per heavy atom. The van der Waals surface area contributed by atoms with Crippen LogP contribution in [0.2, 0.25) is 0 Å². The summed E-state index contributed by atoms with van der Waals surface area (Å²) in [4.78, 5) is 2.10. The Balaban J connectivity index is 2.23. The first-order valence-electron chi connectivity index (χ1n) is 6.07. The van der Waals surface area contributed by atoms with Gasteiger partial charge in [-0.15, -0.1) is 0 Å². The van der Waals surface area contributed by atoms with E-state index in [0.29, 0.717) is 0 Å². The van der Waals surface area contributed by atoms with E-state index in [1.165, 1.54) is 16.9 Å². The number of hydrogen-bond donors (Lipinski definition) is 0. The van der Waals surface area contributed by atoms with Crippen molar-refractivity contribution in [3.63, 3.8) is 0 Å². The summed E-state index contributed by atoms with van der Waals surface area (Å²) in [5.74, 6) is 0. The molecule has 0 fully saturated rings. The summed E-state index contributed by atoms with van der Waals surface area (Å²) in [5.41, 5.74) is 3.61. The van der Waals surface area contributed by atoms with Crippen LogP contribution >= 0.6 is 0 Å². The minimum Gasteiger partial charge on any atom is -0.378 e. The number of para-hydroxylation sites is 1. The fourth-order valence-electron chi connectivity index (χ4n) is 1.82. The van der Waals surface area contributed by atoms with Gasteiger partial charge >= 0.3 is 0 Å². The molecule has 0 heterocycles. The summed E-state index contributed by atoms with van der Waals surface area (Å²) >= 11 is 0. The van der Waals surface area contributed by atoms with Crippen molar-refractivity contribution in [1.29, 1.82) is 0 Å². The molecule has 0 bridgehead atoms. The predicted molar refractivity (Wildman–Crippen MR) is 78.2 cm³/mol. The summed E-state index contributed by atoms with van der Waals surface area (Å²) in [6, 6.07) is 18.9. The topological polar surface area (TPSA) is 6.25 Å². The smallest absolute Gasteiger partial charge is 0.204 e. The second kappa shape index (κ2) is 5.50. The van der Waals surface area contributed by atoms with E-state index in [1.54, 1.807) is 0 Å². The van der Waals surface area contributed by atoms with Crippen LogP contribution < -0.4 is 4.90 Å². The zero-order valence-corrected chi connectivity index (χ0v) is 11.2. The van der Waals surface area contributed by atoms with Crippen LogP contribution in [0.1, 0.15) is 5.56 Å². The second-order valence-corrected chi connectivity index (χ2v) is 4.56. The summed E-state index contributed by atoms with van der Waals surface area (Å²) < 4.78 is 2.13. The van der Waals surface area contributed by atoms with Crippen LogP contribution in [0.3, 0.4) is 0 Å². The lowest BCUT2D eigenvalue weighted by Gasteiger charge is -2.11. The third kappa shape index (κ3) is 2.98. The normalized spacial score (nSPS) is 11.4. The van der Waals surface area contributed by atoms with Crippen LogP contribution in [0.15, 0.2) is 54.6 Å². The highest BCUT2D eigenvalue weighted by molar-refractivity contribution is 5.77. The standard InChI is InChI=1S/C16H19N2/c1-17(2)15-11-9-14(10-12-15)13-18(3)16-7-5-4-6-8-16/h4-13H,1-3H3/q+1. The van der Waals surface area contributed by atoms with E-state index in [-0.39, 0.29) is 0 Å². The Morgan fingerprint density at radius 2 is 1.50 bits per heavy atom. The van der Waals surface area contributed by atoms with Crippen LogP contribution in [0.25, 0.3) is 0 Å². The largest absolute Gasteiger partial charge is 0.378 e. The molecule has 2 nitrogen and oxygen atoms in total. The van der Waals surface area contributed by atoms with E-state index in [2.05, 4.69) is 85.4 Å². The van der Waals surface area contributed by atoms with E-state index in [4.69, 9.17) is 0 Å². The fourth-order valence-corrected chi connectivity index (χ4v) is 1.82. The van der Waals surface area contributed by atoms with Gasteiger partial charge in [-0.25, -0.2) is 4.58 Å². The number of anilines is 1. The maximum Gasteiger partial charge on any atom is 0.204 e. The molecule has 2 aromatic rings. The van der Waals surface area contributed by atoms with E-state index < -0.39 is 0 Å². The van der Waals surface area contributed by atoms with Crippen molar-refractivity contribution in [2.45, 2.75) is 0 Å². The zero-order chi connectivity index (χ0) is 13.0. The quantitative estimate of drug-likeness (QED) is 0.589. The van der Waals surface area contributed by atoms with Gasteiger partial charge in [0.1, 0.15) is 7.05 Å². The lowest BCUT2D eigenvalue weighted by atomic mass is 10.2. The van der Waals surface area contributed by atoms with E-state index in [0.717, 1.165) is 0 Å². The zero-order valence-electron chi connectivity index (χ0n) is 11.2. The molecular weight excluding hydrogens is 220 g/mol. The van der Waals surface area contributed by atoms with Gasteiger partial charge < -0.3 is 4.90 Å². The van der Waals surface area contributed by atoms with Gasteiger partial charge in [0.15, 0.2) is 6.21 Å². The average Bonchev–Trinajstić information content (AvgIpc) is 2.40. The number of nitrogens with zero attached hydrogens (tertiary/aromatic N) is 2. The van der Waals surface area contributed by atoms with Crippen molar-refractivity contribution >= 4 is 17.6 Å². The molecule has 0 aliphatic carbocycles. The predicted octanol–water partition coefficient (Wildman–Crippen LogP) is 3.15. The molecule has 0 atom stereocenters. The molecule has 0 saturated carbocycles. The third-order valence-corrected chi connectivity index (χ3v) is 2.92. The summed E-state index contributed by atoms with van der Waals surface area (Å²) in [6.07, 6.45) is 2.13. The maximum atomic E-state index is 2.13. The molecule has 0 aliphatic rings. The molecule has 0 unspecified atom stereocenters. The molecule has 0 aliphatic heterocycles. The van der Waals surface area contributed by atoms with Crippen molar-refractivity contribution in [2.75, 3.05) is 26.0 Å². The minimum absolute atomic E-state index is 1.19. The summed E-state index contributed by atoms with van der Waals surface area (Å²) in [6.45, 7) is 0. The Kier molecular flexibility index (Phi) is 3.78. The molecule has 18 heavy (non-hydrogen) atoms. The molecule has 92 valence electrons. The molecule has 0 saturated heterocycles. The third-order valence-electron chi connectivity index (χ3n) is 2.92. The Hall–Kier alpha value is -2.09. The molecule has 0 spiro atoms. The Bertz CT molecular complexity index is 525. The van der Waals surface area contributed by atoms with Crippen LogP contribution in [-0.4, -0.2) is 31.9 Å². The fraction of sp³-hybridized carbons (Fsp3) is 0.188. The highest BCUT2D eigenvalue weighted by Gasteiger charge is 2.02. The van der Waals surface area contributed by atoms with Crippen LogP contribution in [-0.2, 0) is 0 Å². The van der Waals surface area contributed by atoms with Gasteiger partial charge in [-0.2, -0.15) is 0 Å². The van der Waals surface area contributed by atoms with Gasteiger partial charge in [-0.1, -0.05) is 18.2 Å². The van der Waals surface area contributed by atoms with Crippen molar-refractivity contribution in [2.24, 2.45) is 0 Å². The average molecular weight is 239 g/mol. The van der Waals surface area contributed by atoms with Crippen LogP contribution in [0, 0.1) is 0 Å². The van der Waals surface area contributed by atoms with Gasteiger partial charge in [0.25, 0.3) is 0 Å². The first-order chi connectivity index (χ1) is 8.66. The Morgan fingerprint density at radius 3 is 2.06 bits per heavy atom. The van der Waals surface area contributed by atoms with Crippen LogP contribution in [0.5, 0.6) is 0 Å². The van der Waals surface area contributed by atoms with Gasteiger partial charge in [-0.3, -0.25) is 0 Å². The number of hydrogen-bond acceptors (Lipinski definition) is 1. The van der Waals surface area contributed by atoms with Gasteiger partial charge in [-0.05, 0) is 24.3 Å². The SMILES string of the molecule is CN(C)c1ccc(C=[N+](C)c2ccccc2)cc1. The van der Waals surface area contributed by atoms with Crippen molar-refractivity contribution in [3.8, 4) is 0 Å². The van der Waals surface area contributed by atoms with Gasteiger partial charge in [0.05, 0.1) is 0 Å². The Labute approximate surface area is 109 Å². The first kappa shape index (κ1) is 12.4. The molecular formula is C16H19N2+. The van der Waals surface area contributed by atoms with E-state index in [1.807, 2.05) is 6.07 Å². The molecule has 0 amide bonds. The highest BCUT2D eigenvalue weighted by Crippen LogP contribution is 2.12. The first-order valence-corrected chi connectivity index (χ1v) is 6.07. The highest BCUT2D eigenvalue weighted by atomic mass is 15.1. The van der Waals surface area contributed by atoms with E-state index >= 15 is 0 Å². The number of rotatable bonds is 3. The van der Waals surface area contributed by atoms with Crippen molar-refractivity contribution < 1.29 is 4.58 Å². The van der Waals surface area contributed by atoms with Crippen molar-refractivity contribution in [1.82, 2.24) is 0 Å². The minimum atomic E-state index is 1.19. The lowest BCUT2D eigenvalue weighted by molar-refractivity contribution is -0.399. The number of benzene rings is 2.